The van der Waals surface area contributed by atoms with E-state index in [1.165, 1.54) is 29.5 Å². The molecule has 3 aromatic rings. The molecule has 23 heavy (non-hydrogen) atoms. The molecule has 0 saturated carbocycles. The maximum absolute atomic E-state index is 13.9. The highest BCUT2D eigenvalue weighted by atomic mass is 35.5. The molecule has 0 aliphatic heterocycles. The molecule has 0 aliphatic rings. The average molecular weight is 369 g/mol. The van der Waals surface area contributed by atoms with E-state index >= 15 is 0 Å². The van der Waals surface area contributed by atoms with Crippen LogP contribution in [0.3, 0.4) is 0 Å². The maximum Gasteiger partial charge on any atom is 0.266 e. The lowest BCUT2D eigenvalue weighted by Gasteiger charge is -2.08. The molecule has 0 bridgehead atoms. The van der Waals surface area contributed by atoms with Gasteiger partial charge >= 0.3 is 0 Å². The van der Waals surface area contributed by atoms with E-state index in [0.29, 0.717) is 21.5 Å². The predicted octanol–water partition coefficient (Wildman–Crippen LogP) is 5.49. The highest BCUT2D eigenvalue weighted by Crippen LogP contribution is 2.34. The van der Waals surface area contributed by atoms with E-state index in [-0.39, 0.29) is 27.5 Å². The Balaban J connectivity index is 1.98. The summed E-state index contributed by atoms with van der Waals surface area (Å²) in [5.74, 6) is -0.686. The van der Waals surface area contributed by atoms with Gasteiger partial charge in [-0.2, -0.15) is 0 Å². The standard InChI is InChI=1S/C16H11Cl2FN2OS/c1-7-13-11(19)3-2-4-12(13)23-15(7)16(22)21-8-5-9(17)14(20)10(18)6-8/h2-6H,20H2,1H3,(H,21,22). The maximum atomic E-state index is 13.9. The molecule has 0 atom stereocenters. The number of benzene rings is 2. The molecule has 1 heterocycles. The molecule has 0 unspecified atom stereocenters. The summed E-state index contributed by atoms with van der Waals surface area (Å²) in [5.41, 5.74) is 6.96. The van der Waals surface area contributed by atoms with Gasteiger partial charge in [0.2, 0.25) is 0 Å². The van der Waals surface area contributed by atoms with Crippen molar-refractivity contribution in [3.05, 3.63) is 56.6 Å². The Hall–Kier alpha value is -1.82. The van der Waals surface area contributed by atoms with Crippen LogP contribution in [0.25, 0.3) is 10.1 Å². The number of fused-ring (bicyclic) bond motifs is 1. The summed E-state index contributed by atoms with van der Waals surface area (Å²) < 4.78 is 14.7. The second-order valence-corrected chi connectivity index (χ2v) is 6.84. The smallest absolute Gasteiger partial charge is 0.266 e. The number of hydrogen-bond donors (Lipinski definition) is 2. The summed E-state index contributed by atoms with van der Waals surface area (Å²) in [7, 11) is 0. The van der Waals surface area contributed by atoms with Crippen molar-refractivity contribution < 1.29 is 9.18 Å². The van der Waals surface area contributed by atoms with E-state index in [0.717, 1.165) is 4.70 Å². The van der Waals surface area contributed by atoms with Crippen LogP contribution in [0.15, 0.2) is 30.3 Å². The van der Waals surface area contributed by atoms with Crippen LogP contribution in [-0.2, 0) is 0 Å². The van der Waals surface area contributed by atoms with Crippen molar-refractivity contribution in [3.63, 3.8) is 0 Å². The van der Waals surface area contributed by atoms with Crippen molar-refractivity contribution in [3.8, 4) is 0 Å². The molecule has 2 aromatic carbocycles. The summed E-state index contributed by atoms with van der Waals surface area (Å²) in [6.45, 7) is 1.72. The number of hydrogen-bond acceptors (Lipinski definition) is 3. The largest absolute Gasteiger partial charge is 0.396 e. The fourth-order valence-corrected chi connectivity index (χ4v) is 3.92. The zero-order valence-electron chi connectivity index (χ0n) is 11.9. The van der Waals surface area contributed by atoms with Crippen LogP contribution in [0.4, 0.5) is 15.8 Å². The lowest BCUT2D eigenvalue weighted by Crippen LogP contribution is -2.11. The number of aryl methyl sites for hydroxylation is 1. The number of carbonyl (C=O) groups excluding carboxylic acids is 1. The van der Waals surface area contributed by atoms with Gasteiger partial charge in [-0.1, -0.05) is 29.3 Å². The average Bonchev–Trinajstić information content (AvgIpc) is 2.83. The van der Waals surface area contributed by atoms with Gasteiger partial charge in [0.05, 0.1) is 20.6 Å². The van der Waals surface area contributed by atoms with Crippen molar-refractivity contribution in [2.45, 2.75) is 6.92 Å². The minimum atomic E-state index is -0.347. The summed E-state index contributed by atoms with van der Waals surface area (Å²) >= 11 is 13.1. The third-order valence-electron chi connectivity index (χ3n) is 3.45. The number of rotatable bonds is 2. The van der Waals surface area contributed by atoms with Gasteiger partial charge in [-0.25, -0.2) is 4.39 Å². The number of amides is 1. The SMILES string of the molecule is Cc1c(C(=O)Nc2cc(Cl)c(N)c(Cl)c2)sc2cccc(F)c12. The van der Waals surface area contributed by atoms with Crippen molar-refractivity contribution >= 4 is 61.9 Å². The topological polar surface area (TPSA) is 55.1 Å². The molecule has 3 N–H and O–H groups in total. The van der Waals surface area contributed by atoms with Gasteiger partial charge in [-0.05, 0) is 36.8 Å². The molecule has 3 nitrogen and oxygen atoms in total. The van der Waals surface area contributed by atoms with E-state index < -0.39 is 0 Å². The van der Waals surface area contributed by atoms with Gasteiger partial charge in [0.1, 0.15) is 5.82 Å². The summed E-state index contributed by atoms with van der Waals surface area (Å²) in [6, 6.07) is 7.82. The van der Waals surface area contributed by atoms with Gasteiger partial charge in [0, 0.05) is 15.8 Å². The Morgan fingerprint density at radius 2 is 1.91 bits per heavy atom. The van der Waals surface area contributed by atoms with Crippen molar-refractivity contribution in [1.82, 2.24) is 0 Å². The minimum Gasteiger partial charge on any atom is -0.396 e. The number of anilines is 2. The monoisotopic (exact) mass is 368 g/mol. The van der Waals surface area contributed by atoms with Gasteiger partial charge in [0.25, 0.3) is 5.91 Å². The molecule has 0 spiro atoms. The van der Waals surface area contributed by atoms with Crippen LogP contribution < -0.4 is 11.1 Å². The van der Waals surface area contributed by atoms with Crippen LogP contribution in [-0.4, -0.2) is 5.91 Å². The molecule has 0 radical (unpaired) electrons. The van der Waals surface area contributed by atoms with Crippen molar-refractivity contribution in [1.29, 1.82) is 0 Å². The quantitative estimate of drug-likeness (QED) is 0.587. The van der Waals surface area contributed by atoms with Crippen LogP contribution >= 0.6 is 34.5 Å². The van der Waals surface area contributed by atoms with Crippen LogP contribution in [0, 0.1) is 12.7 Å². The van der Waals surface area contributed by atoms with Gasteiger partial charge < -0.3 is 11.1 Å². The number of nitrogens with two attached hydrogens (primary N) is 1. The molecule has 118 valence electrons. The van der Waals surface area contributed by atoms with E-state index in [1.807, 2.05) is 0 Å². The molecular weight excluding hydrogens is 358 g/mol. The zero-order valence-corrected chi connectivity index (χ0v) is 14.2. The second kappa shape index (κ2) is 6.00. The molecular formula is C16H11Cl2FN2OS. The first-order valence-electron chi connectivity index (χ1n) is 6.62. The van der Waals surface area contributed by atoms with Gasteiger partial charge in [-0.3, -0.25) is 4.79 Å². The normalized spacial score (nSPS) is 11.0. The van der Waals surface area contributed by atoms with Crippen molar-refractivity contribution in [2.75, 3.05) is 11.1 Å². The van der Waals surface area contributed by atoms with Crippen molar-refractivity contribution in [2.24, 2.45) is 0 Å². The summed E-state index contributed by atoms with van der Waals surface area (Å²) in [5, 5.41) is 3.69. The lowest BCUT2D eigenvalue weighted by atomic mass is 10.1. The van der Waals surface area contributed by atoms with E-state index in [4.69, 9.17) is 28.9 Å². The van der Waals surface area contributed by atoms with Gasteiger partial charge in [0.15, 0.2) is 0 Å². The fourth-order valence-electron chi connectivity index (χ4n) is 2.31. The number of nitrogen functional groups attached to an aromatic ring is 1. The Kier molecular flexibility index (Phi) is 4.19. The van der Waals surface area contributed by atoms with Gasteiger partial charge in [-0.15, -0.1) is 11.3 Å². The van der Waals surface area contributed by atoms with Crippen LogP contribution in [0.1, 0.15) is 15.2 Å². The minimum absolute atomic E-state index is 0.256. The Morgan fingerprint density at radius 3 is 2.52 bits per heavy atom. The summed E-state index contributed by atoms with van der Waals surface area (Å²) in [4.78, 5) is 12.9. The number of nitrogens with one attached hydrogen (secondary N) is 1. The van der Waals surface area contributed by atoms with Crippen LogP contribution in [0.5, 0.6) is 0 Å². The predicted molar refractivity (Wildman–Crippen MR) is 95.3 cm³/mol. The first-order chi connectivity index (χ1) is 10.9. The molecule has 1 amide bonds. The van der Waals surface area contributed by atoms with Crippen LogP contribution in [0.2, 0.25) is 10.0 Å². The fraction of sp³-hybridized carbons (Fsp3) is 0.0625. The number of halogens is 3. The number of thiophene rings is 1. The lowest BCUT2D eigenvalue weighted by molar-refractivity contribution is 0.103. The molecule has 3 rings (SSSR count). The first-order valence-corrected chi connectivity index (χ1v) is 8.19. The van der Waals surface area contributed by atoms with E-state index in [9.17, 15) is 9.18 Å². The Labute approximate surface area is 145 Å². The Morgan fingerprint density at radius 1 is 1.26 bits per heavy atom. The molecule has 0 aliphatic carbocycles. The molecule has 1 aromatic heterocycles. The molecule has 7 heteroatoms. The third-order valence-corrected chi connectivity index (χ3v) is 5.33. The molecule has 0 fully saturated rings. The highest BCUT2D eigenvalue weighted by Gasteiger charge is 2.18. The van der Waals surface area contributed by atoms with E-state index in [1.54, 1.807) is 19.1 Å². The van der Waals surface area contributed by atoms with E-state index in [2.05, 4.69) is 5.32 Å². The first kappa shape index (κ1) is 16.1. The Bertz CT molecular complexity index is 916. The number of carbonyl (C=O) groups is 1. The summed E-state index contributed by atoms with van der Waals surface area (Å²) in [6.07, 6.45) is 0. The molecule has 0 saturated heterocycles. The zero-order chi connectivity index (χ0) is 16.7. The second-order valence-electron chi connectivity index (χ2n) is 4.98. The highest BCUT2D eigenvalue weighted by molar-refractivity contribution is 7.21. The third kappa shape index (κ3) is 2.87.